The van der Waals surface area contributed by atoms with Gasteiger partial charge in [0.1, 0.15) is 6.33 Å². The summed E-state index contributed by atoms with van der Waals surface area (Å²) in [6.45, 7) is 4.12. The molecule has 3 rings (SSSR count). The highest BCUT2D eigenvalue weighted by molar-refractivity contribution is 5.98. The van der Waals surface area contributed by atoms with Crippen LogP contribution in [0, 0.1) is 0 Å². The summed E-state index contributed by atoms with van der Waals surface area (Å²) in [5.41, 5.74) is 2.30. The van der Waals surface area contributed by atoms with Gasteiger partial charge < -0.3 is 9.30 Å². The Balaban J connectivity index is 2.11. The lowest BCUT2D eigenvalue weighted by Crippen LogP contribution is -2.05. The van der Waals surface area contributed by atoms with Crippen LogP contribution in [-0.2, 0) is 4.74 Å². The van der Waals surface area contributed by atoms with Crippen molar-refractivity contribution < 1.29 is 14.3 Å². The van der Waals surface area contributed by atoms with Crippen molar-refractivity contribution in [2.24, 2.45) is 0 Å². The van der Waals surface area contributed by atoms with E-state index in [0.29, 0.717) is 11.3 Å². The summed E-state index contributed by atoms with van der Waals surface area (Å²) < 4.78 is 8.12. The number of hydrogen-bond acceptors (Lipinski definition) is 5. The minimum absolute atomic E-state index is 0.0111. The average molecular weight is 312 g/mol. The van der Waals surface area contributed by atoms with Crippen LogP contribution in [0.5, 0.6) is 0 Å². The highest BCUT2D eigenvalue weighted by Crippen LogP contribution is 2.26. The van der Waals surface area contributed by atoms with Gasteiger partial charge in [0, 0.05) is 28.7 Å². The lowest BCUT2D eigenvalue weighted by molar-refractivity contribution is 0.0587. The number of fused-ring (bicyclic) bond motifs is 1. The number of esters is 1. The van der Waals surface area contributed by atoms with Gasteiger partial charge in [-0.15, -0.1) is 5.10 Å². The van der Waals surface area contributed by atoms with Gasteiger partial charge in [-0.2, -0.15) is 0 Å². The Kier molecular flexibility index (Phi) is 3.69. The number of carbonyl (C=O) groups excluding carboxylic acids is 2. The molecular weight excluding hydrogens is 296 g/mol. The fraction of sp³-hybridized carbons (Fsp3) is 0.250. The number of nitrogens with zero attached hydrogens (tertiary/aromatic N) is 4. The van der Waals surface area contributed by atoms with Crippen molar-refractivity contribution in [3.8, 4) is 5.69 Å². The predicted octanol–water partition coefficient (Wildman–Crippen LogP) is 2.40. The highest BCUT2D eigenvalue weighted by Gasteiger charge is 2.14. The maximum Gasteiger partial charge on any atom is 0.377 e. The van der Waals surface area contributed by atoms with Crippen molar-refractivity contribution >= 4 is 23.2 Å². The molecule has 0 saturated heterocycles. The van der Waals surface area contributed by atoms with Crippen molar-refractivity contribution in [3.05, 3.63) is 42.1 Å². The van der Waals surface area contributed by atoms with Gasteiger partial charge in [0.15, 0.2) is 6.29 Å². The standard InChI is InChI=1S/C16H16N4O3/c1-10(2)19-7-11(8-21)13-6-12(4-5-14(13)19)20-9-17-15(18-20)16(22)23-3/h4-10H,1-3H3. The molecule has 7 heteroatoms. The van der Waals surface area contributed by atoms with Crippen LogP contribution in [0.25, 0.3) is 16.6 Å². The van der Waals surface area contributed by atoms with Crippen molar-refractivity contribution in [2.45, 2.75) is 19.9 Å². The first-order chi connectivity index (χ1) is 11.0. The zero-order valence-corrected chi connectivity index (χ0v) is 13.1. The Morgan fingerprint density at radius 1 is 1.35 bits per heavy atom. The lowest BCUT2D eigenvalue weighted by atomic mass is 10.1. The van der Waals surface area contributed by atoms with E-state index >= 15 is 0 Å². The minimum Gasteiger partial charge on any atom is -0.463 e. The summed E-state index contributed by atoms with van der Waals surface area (Å²) in [4.78, 5) is 26.7. The van der Waals surface area contributed by atoms with E-state index in [-0.39, 0.29) is 11.9 Å². The van der Waals surface area contributed by atoms with Gasteiger partial charge in [-0.05, 0) is 32.0 Å². The maximum absolute atomic E-state index is 11.4. The van der Waals surface area contributed by atoms with Crippen molar-refractivity contribution in [3.63, 3.8) is 0 Å². The summed E-state index contributed by atoms with van der Waals surface area (Å²) in [7, 11) is 1.28. The normalized spacial score (nSPS) is 11.1. The summed E-state index contributed by atoms with van der Waals surface area (Å²) in [6.07, 6.45) is 4.12. The van der Waals surface area contributed by atoms with Gasteiger partial charge in [0.05, 0.1) is 12.8 Å². The molecule has 1 aromatic carbocycles. The van der Waals surface area contributed by atoms with E-state index in [4.69, 9.17) is 0 Å². The first-order valence-electron chi connectivity index (χ1n) is 7.15. The molecule has 2 heterocycles. The second-order valence-corrected chi connectivity index (χ2v) is 5.41. The number of aldehydes is 1. The molecule has 0 aliphatic carbocycles. The molecule has 0 amide bonds. The van der Waals surface area contributed by atoms with Gasteiger partial charge in [-0.1, -0.05) is 0 Å². The van der Waals surface area contributed by atoms with Crippen LogP contribution < -0.4 is 0 Å². The Bertz CT molecular complexity index is 892. The molecule has 0 aliphatic rings. The van der Waals surface area contributed by atoms with Crippen molar-refractivity contribution in [2.75, 3.05) is 7.11 Å². The van der Waals surface area contributed by atoms with Crippen LogP contribution in [-0.4, -0.2) is 38.7 Å². The molecule has 0 aliphatic heterocycles. The molecule has 0 radical (unpaired) electrons. The van der Waals surface area contributed by atoms with Gasteiger partial charge in [-0.25, -0.2) is 14.5 Å². The molecular formula is C16H16N4O3. The molecule has 2 aromatic heterocycles. The molecule has 118 valence electrons. The smallest absolute Gasteiger partial charge is 0.377 e. The minimum atomic E-state index is -0.593. The SMILES string of the molecule is COC(=O)c1ncn(-c2ccc3c(c2)c(C=O)cn3C(C)C)n1. The Morgan fingerprint density at radius 3 is 2.78 bits per heavy atom. The molecule has 0 atom stereocenters. The Hall–Kier alpha value is -2.96. The monoisotopic (exact) mass is 312 g/mol. The number of aromatic nitrogens is 4. The zero-order valence-electron chi connectivity index (χ0n) is 13.1. The Labute approximate surface area is 132 Å². The molecule has 3 aromatic rings. The summed E-state index contributed by atoms with van der Waals surface area (Å²) in [5.74, 6) is -0.604. The topological polar surface area (TPSA) is 79.0 Å². The first kappa shape index (κ1) is 15.0. The van der Waals surface area contributed by atoms with Crippen LogP contribution in [0.3, 0.4) is 0 Å². The number of rotatable bonds is 4. The average Bonchev–Trinajstić information content (AvgIpc) is 3.18. The van der Waals surface area contributed by atoms with E-state index in [1.165, 1.54) is 18.1 Å². The molecule has 0 N–H and O–H groups in total. The highest BCUT2D eigenvalue weighted by atomic mass is 16.5. The number of carbonyl (C=O) groups is 2. The number of hydrogen-bond donors (Lipinski definition) is 0. The van der Waals surface area contributed by atoms with Crippen LogP contribution in [0.4, 0.5) is 0 Å². The molecule has 0 bridgehead atoms. The van der Waals surface area contributed by atoms with Crippen LogP contribution in [0.2, 0.25) is 0 Å². The molecule has 0 saturated carbocycles. The van der Waals surface area contributed by atoms with E-state index in [1.54, 1.807) is 0 Å². The van der Waals surface area contributed by atoms with E-state index in [1.807, 2.05) is 29.0 Å². The molecule has 23 heavy (non-hydrogen) atoms. The van der Waals surface area contributed by atoms with Gasteiger partial charge in [0.2, 0.25) is 0 Å². The Morgan fingerprint density at radius 2 is 2.13 bits per heavy atom. The van der Waals surface area contributed by atoms with Crippen LogP contribution >= 0.6 is 0 Å². The summed E-state index contributed by atoms with van der Waals surface area (Å²) in [5, 5.41) is 4.93. The van der Waals surface area contributed by atoms with E-state index in [2.05, 4.69) is 28.7 Å². The zero-order chi connectivity index (χ0) is 16.6. The second kappa shape index (κ2) is 5.68. The number of benzene rings is 1. The fourth-order valence-electron chi connectivity index (χ4n) is 2.51. The van der Waals surface area contributed by atoms with E-state index in [9.17, 15) is 9.59 Å². The van der Waals surface area contributed by atoms with E-state index in [0.717, 1.165) is 17.2 Å². The third-order valence-electron chi connectivity index (χ3n) is 3.66. The molecule has 7 nitrogen and oxygen atoms in total. The number of ether oxygens (including phenoxy) is 1. The van der Waals surface area contributed by atoms with Gasteiger partial charge >= 0.3 is 5.97 Å². The second-order valence-electron chi connectivity index (χ2n) is 5.41. The third-order valence-corrected chi connectivity index (χ3v) is 3.66. The third kappa shape index (κ3) is 2.50. The fourth-order valence-corrected chi connectivity index (χ4v) is 2.51. The summed E-state index contributed by atoms with van der Waals surface area (Å²) >= 11 is 0. The van der Waals surface area contributed by atoms with Crippen molar-refractivity contribution in [1.29, 1.82) is 0 Å². The molecule has 0 unspecified atom stereocenters. The van der Waals surface area contributed by atoms with Crippen LogP contribution in [0.1, 0.15) is 40.9 Å². The molecule has 0 spiro atoms. The van der Waals surface area contributed by atoms with Gasteiger partial charge in [0.25, 0.3) is 5.82 Å². The quantitative estimate of drug-likeness (QED) is 0.546. The first-order valence-corrected chi connectivity index (χ1v) is 7.15. The summed E-state index contributed by atoms with van der Waals surface area (Å²) in [6, 6.07) is 5.89. The number of methoxy groups -OCH3 is 1. The van der Waals surface area contributed by atoms with E-state index < -0.39 is 5.97 Å². The lowest BCUT2D eigenvalue weighted by Gasteiger charge is -2.09. The largest absolute Gasteiger partial charge is 0.463 e. The van der Waals surface area contributed by atoms with Crippen LogP contribution in [0.15, 0.2) is 30.7 Å². The molecule has 0 fully saturated rings. The van der Waals surface area contributed by atoms with Gasteiger partial charge in [-0.3, -0.25) is 4.79 Å². The van der Waals surface area contributed by atoms with Crippen molar-refractivity contribution in [1.82, 2.24) is 19.3 Å². The maximum atomic E-state index is 11.4. The predicted molar refractivity (Wildman–Crippen MR) is 84.0 cm³/mol.